The summed E-state index contributed by atoms with van der Waals surface area (Å²) in [6, 6.07) is 8.99. The van der Waals surface area contributed by atoms with Crippen LogP contribution < -0.4 is 0 Å². The Kier molecular flexibility index (Phi) is 5.38. The Hall–Kier alpha value is -3.35. The first-order valence-corrected chi connectivity index (χ1v) is 7.58. The van der Waals surface area contributed by atoms with Crippen LogP contribution >= 0.6 is 0 Å². The number of benzene rings is 2. The number of nitrogens with zero attached hydrogens (tertiary/aromatic N) is 2. The van der Waals surface area contributed by atoms with Gasteiger partial charge in [0.1, 0.15) is 0 Å². The highest BCUT2D eigenvalue weighted by atomic mass is 16.6. The predicted octanol–water partition coefficient (Wildman–Crippen LogP) is 4.27. The van der Waals surface area contributed by atoms with Gasteiger partial charge in [-0.1, -0.05) is 37.3 Å². The maximum atomic E-state index is 12.2. The number of rotatable bonds is 6. The summed E-state index contributed by atoms with van der Waals surface area (Å²) in [5.74, 6) is -0.412. The molecule has 0 aromatic heterocycles. The van der Waals surface area contributed by atoms with E-state index >= 15 is 0 Å². The minimum atomic E-state index is -0.539. The van der Waals surface area contributed by atoms with Gasteiger partial charge in [0.25, 0.3) is 11.4 Å². The van der Waals surface area contributed by atoms with Crippen molar-refractivity contribution in [3.05, 3.63) is 85.0 Å². The number of hydrogen-bond donors (Lipinski definition) is 0. The maximum absolute atomic E-state index is 12.2. The molecule has 2 rings (SSSR count). The molecule has 2 aromatic rings. The van der Waals surface area contributed by atoms with Crippen molar-refractivity contribution >= 4 is 23.2 Å². The van der Waals surface area contributed by atoms with E-state index in [4.69, 9.17) is 0 Å². The van der Waals surface area contributed by atoms with Gasteiger partial charge in [0.15, 0.2) is 5.78 Å². The Bertz CT molecular complexity index is 887. The van der Waals surface area contributed by atoms with Crippen LogP contribution in [0.4, 0.5) is 11.4 Å². The largest absolute Gasteiger partial charge is 0.289 e. The van der Waals surface area contributed by atoms with Gasteiger partial charge in [-0.3, -0.25) is 25.0 Å². The summed E-state index contributed by atoms with van der Waals surface area (Å²) in [7, 11) is 0. The molecule has 0 aliphatic rings. The number of ketones is 1. The molecule has 7 heteroatoms. The van der Waals surface area contributed by atoms with E-state index in [1.807, 2.05) is 6.92 Å². The van der Waals surface area contributed by atoms with Crippen molar-refractivity contribution in [1.29, 1.82) is 0 Å². The van der Waals surface area contributed by atoms with Crippen LogP contribution in [0.3, 0.4) is 0 Å². The lowest BCUT2D eigenvalue weighted by Crippen LogP contribution is -1.98. The Morgan fingerprint density at radius 1 is 1.04 bits per heavy atom. The van der Waals surface area contributed by atoms with Crippen LogP contribution in [-0.2, 0) is 6.42 Å². The van der Waals surface area contributed by atoms with Gasteiger partial charge >= 0.3 is 0 Å². The minimum Gasteiger partial charge on any atom is -0.289 e. The summed E-state index contributed by atoms with van der Waals surface area (Å²) in [4.78, 5) is 33.2. The first kappa shape index (κ1) is 18.0. The third-order valence-corrected chi connectivity index (χ3v) is 3.80. The van der Waals surface area contributed by atoms with E-state index < -0.39 is 15.6 Å². The molecule has 0 unspecified atom stereocenters. The molecule has 0 aliphatic carbocycles. The smallest absolute Gasteiger partial charge is 0.273 e. The van der Waals surface area contributed by atoms with E-state index in [1.54, 1.807) is 19.1 Å². The average molecular weight is 340 g/mol. The van der Waals surface area contributed by atoms with Crippen molar-refractivity contribution in [3.63, 3.8) is 0 Å². The summed E-state index contributed by atoms with van der Waals surface area (Å²) in [6.45, 7) is 3.42. The molecule has 0 atom stereocenters. The summed E-state index contributed by atoms with van der Waals surface area (Å²) >= 11 is 0. The molecule has 0 radical (unpaired) electrons. The van der Waals surface area contributed by atoms with Crippen LogP contribution in [0.1, 0.15) is 34.0 Å². The Morgan fingerprint density at radius 2 is 1.72 bits per heavy atom. The standard InChI is InChI=1S/C18H16N2O5/c1-3-14-8-5-13(10-17(14)20(24)25)6-9-18(21)15-7-4-12(2)16(11-15)19(22)23/h4-11H,3H2,1-2H3/b9-6+. The third kappa shape index (κ3) is 4.14. The molecule has 0 spiro atoms. The molecule has 0 bridgehead atoms. The van der Waals surface area contributed by atoms with Gasteiger partial charge in [-0.15, -0.1) is 0 Å². The second-order valence-corrected chi connectivity index (χ2v) is 5.45. The topological polar surface area (TPSA) is 103 Å². The van der Waals surface area contributed by atoms with Gasteiger partial charge in [-0.25, -0.2) is 0 Å². The third-order valence-electron chi connectivity index (χ3n) is 3.80. The number of nitro groups is 2. The predicted molar refractivity (Wildman–Crippen MR) is 93.7 cm³/mol. The van der Waals surface area contributed by atoms with Crippen molar-refractivity contribution in [3.8, 4) is 0 Å². The number of allylic oxidation sites excluding steroid dienone is 1. The SMILES string of the molecule is CCc1ccc(/C=C/C(=O)c2ccc(C)c([N+](=O)[O-])c2)cc1[N+](=O)[O-]. The average Bonchev–Trinajstić information content (AvgIpc) is 2.59. The van der Waals surface area contributed by atoms with Crippen molar-refractivity contribution < 1.29 is 14.6 Å². The molecule has 0 fully saturated rings. The fourth-order valence-corrected chi connectivity index (χ4v) is 2.38. The lowest BCUT2D eigenvalue weighted by Gasteiger charge is -2.02. The first-order chi connectivity index (χ1) is 11.8. The number of aryl methyl sites for hydroxylation is 2. The molecule has 25 heavy (non-hydrogen) atoms. The van der Waals surface area contributed by atoms with E-state index in [-0.39, 0.29) is 16.9 Å². The van der Waals surface area contributed by atoms with Gasteiger partial charge in [0.05, 0.1) is 9.85 Å². The second-order valence-electron chi connectivity index (χ2n) is 5.45. The van der Waals surface area contributed by atoms with Gasteiger partial charge in [-0.2, -0.15) is 0 Å². The fraction of sp³-hybridized carbons (Fsp3) is 0.167. The molecule has 0 saturated carbocycles. The maximum Gasteiger partial charge on any atom is 0.273 e. The van der Waals surface area contributed by atoms with E-state index in [9.17, 15) is 25.0 Å². The zero-order valence-corrected chi connectivity index (χ0v) is 13.8. The van der Waals surface area contributed by atoms with Crippen LogP contribution in [0.5, 0.6) is 0 Å². The van der Waals surface area contributed by atoms with Crippen LogP contribution in [0.25, 0.3) is 6.08 Å². The molecule has 0 saturated heterocycles. The number of nitro benzene ring substituents is 2. The zero-order chi connectivity index (χ0) is 18.6. The normalized spacial score (nSPS) is 10.8. The van der Waals surface area contributed by atoms with Crippen LogP contribution in [0.2, 0.25) is 0 Å². The highest BCUT2D eigenvalue weighted by molar-refractivity contribution is 6.07. The van der Waals surface area contributed by atoms with Crippen LogP contribution in [-0.4, -0.2) is 15.6 Å². The lowest BCUT2D eigenvalue weighted by atomic mass is 10.0. The summed E-state index contributed by atoms with van der Waals surface area (Å²) in [5.41, 5.74) is 1.66. The van der Waals surface area contributed by atoms with E-state index in [1.165, 1.54) is 36.4 Å². The zero-order valence-electron chi connectivity index (χ0n) is 13.8. The first-order valence-electron chi connectivity index (χ1n) is 7.58. The van der Waals surface area contributed by atoms with E-state index in [2.05, 4.69) is 0 Å². The lowest BCUT2D eigenvalue weighted by molar-refractivity contribution is -0.385. The monoisotopic (exact) mass is 340 g/mol. The van der Waals surface area contributed by atoms with E-state index in [0.29, 0.717) is 23.1 Å². The summed E-state index contributed by atoms with van der Waals surface area (Å²) in [6.07, 6.45) is 3.24. The van der Waals surface area contributed by atoms with Gasteiger partial charge in [-0.05, 0) is 25.0 Å². The fourth-order valence-electron chi connectivity index (χ4n) is 2.38. The molecular weight excluding hydrogens is 324 g/mol. The van der Waals surface area contributed by atoms with Crippen molar-refractivity contribution in [2.45, 2.75) is 20.3 Å². The van der Waals surface area contributed by atoms with E-state index in [0.717, 1.165) is 0 Å². The molecule has 0 aliphatic heterocycles. The second kappa shape index (κ2) is 7.48. The molecule has 7 nitrogen and oxygen atoms in total. The quantitative estimate of drug-likeness (QED) is 0.338. The Labute approximate surface area is 143 Å². The molecule has 0 amide bonds. The number of carbonyl (C=O) groups is 1. The molecule has 0 N–H and O–H groups in total. The van der Waals surface area contributed by atoms with Gasteiger partial charge < -0.3 is 0 Å². The number of hydrogen-bond acceptors (Lipinski definition) is 5. The number of carbonyl (C=O) groups excluding carboxylic acids is 1. The molecule has 2 aromatic carbocycles. The van der Waals surface area contributed by atoms with Crippen molar-refractivity contribution in [1.82, 2.24) is 0 Å². The summed E-state index contributed by atoms with van der Waals surface area (Å²) in [5, 5.41) is 22.0. The molecule has 0 heterocycles. The minimum absolute atomic E-state index is 0.00285. The van der Waals surface area contributed by atoms with Crippen molar-refractivity contribution in [2.75, 3.05) is 0 Å². The van der Waals surface area contributed by atoms with Gasteiger partial charge in [0, 0.05) is 28.8 Å². The Balaban J connectivity index is 2.29. The highest BCUT2D eigenvalue weighted by Crippen LogP contribution is 2.23. The van der Waals surface area contributed by atoms with Gasteiger partial charge in [0.2, 0.25) is 0 Å². The summed E-state index contributed by atoms with van der Waals surface area (Å²) < 4.78 is 0. The molecular formula is C18H16N2O5. The highest BCUT2D eigenvalue weighted by Gasteiger charge is 2.14. The van der Waals surface area contributed by atoms with Crippen molar-refractivity contribution in [2.24, 2.45) is 0 Å². The molecule has 128 valence electrons. The Morgan fingerprint density at radius 3 is 2.32 bits per heavy atom. The van der Waals surface area contributed by atoms with Crippen LogP contribution in [0.15, 0.2) is 42.5 Å². The van der Waals surface area contributed by atoms with Crippen LogP contribution in [0, 0.1) is 27.2 Å².